The summed E-state index contributed by atoms with van der Waals surface area (Å²) in [5, 5.41) is 8.36. The summed E-state index contributed by atoms with van der Waals surface area (Å²) in [4.78, 5) is 19.2. The van der Waals surface area contributed by atoms with Crippen LogP contribution in [0.4, 0.5) is 10.5 Å². The first-order chi connectivity index (χ1) is 12.6. The van der Waals surface area contributed by atoms with E-state index >= 15 is 0 Å². The molecule has 4 rings (SSSR count). The van der Waals surface area contributed by atoms with E-state index in [-0.39, 0.29) is 12.1 Å². The molecule has 0 bridgehead atoms. The summed E-state index contributed by atoms with van der Waals surface area (Å²) < 4.78 is 1.76. The molecule has 1 aromatic carbocycles. The van der Waals surface area contributed by atoms with Gasteiger partial charge in [-0.3, -0.25) is 4.68 Å². The van der Waals surface area contributed by atoms with Crippen LogP contribution in [0.15, 0.2) is 42.6 Å². The Morgan fingerprint density at radius 2 is 2.12 bits per heavy atom. The molecule has 0 saturated carbocycles. The fourth-order valence-electron chi connectivity index (χ4n) is 3.77. The summed E-state index contributed by atoms with van der Waals surface area (Å²) in [6, 6.07) is 12.5. The maximum Gasteiger partial charge on any atom is 0.322 e. The van der Waals surface area contributed by atoms with Gasteiger partial charge in [0, 0.05) is 25.0 Å². The Morgan fingerprint density at radius 1 is 1.31 bits per heavy atom. The third-order valence-electron chi connectivity index (χ3n) is 5.07. The van der Waals surface area contributed by atoms with Gasteiger partial charge in [0.25, 0.3) is 0 Å². The third-order valence-corrected chi connectivity index (χ3v) is 5.07. The van der Waals surface area contributed by atoms with Gasteiger partial charge in [-0.05, 0) is 37.8 Å². The number of fused-ring (bicyclic) bond motifs is 1. The molecule has 3 heterocycles. The number of pyridine rings is 1. The molecule has 3 aromatic rings. The Kier molecular flexibility index (Phi) is 4.32. The number of carbonyl (C=O) groups is 1. The van der Waals surface area contributed by atoms with E-state index in [1.165, 1.54) is 5.56 Å². The molecule has 1 aliphatic rings. The molecule has 26 heavy (non-hydrogen) atoms. The number of aromatic nitrogens is 3. The van der Waals surface area contributed by atoms with Gasteiger partial charge in [-0.1, -0.05) is 30.3 Å². The van der Waals surface area contributed by atoms with Gasteiger partial charge >= 0.3 is 6.03 Å². The van der Waals surface area contributed by atoms with E-state index in [2.05, 4.69) is 27.5 Å². The van der Waals surface area contributed by atoms with Gasteiger partial charge in [-0.25, -0.2) is 9.78 Å². The topological polar surface area (TPSA) is 63.1 Å². The highest BCUT2D eigenvalue weighted by Gasteiger charge is 2.29. The lowest BCUT2D eigenvalue weighted by molar-refractivity contribution is 0.206. The number of carbonyl (C=O) groups excluding carboxylic acids is 1. The summed E-state index contributed by atoms with van der Waals surface area (Å²) in [5.41, 5.74) is 3.72. The fourth-order valence-corrected chi connectivity index (χ4v) is 3.77. The summed E-state index contributed by atoms with van der Waals surface area (Å²) >= 11 is 0. The summed E-state index contributed by atoms with van der Waals surface area (Å²) in [6.07, 6.45) is 4.68. The molecule has 1 fully saturated rings. The minimum Gasteiger partial charge on any atom is -0.321 e. The van der Waals surface area contributed by atoms with Crippen LogP contribution in [0.1, 0.15) is 24.1 Å². The Hall–Kier alpha value is -2.89. The van der Waals surface area contributed by atoms with Crippen LogP contribution < -0.4 is 5.32 Å². The highest BCUT2D eigenvalue weighted by atomic mass is 16.2. The molecule has 1 N–H and O–H groups in total. The number of anilines is 1. The number of nitrogens with one attached hydrogen (secondary N) is 1. The quantitative estimate of drug-likeness (QED) is 0.787. The van der Waals surface area contributed by atoms with Crippen LogP contribution in [0.3, 0.4) is 0 Å². The van der Waals surface area contributed by atoms with Crippen molar-refractivity contribution < 1.29 is 4.79 Å². The Labute approximate surface area is 152 Å². The molecule has 6 heteroatoms. The number of rotatable bonds is 3. The zero-order valence-electron chi connectivity index (χ0n) is 15.1. The summed E-state index contributed by atoms with van der Waals surface area (Å²) in [7, 11) is 1.87. The van der Waals surface area contributed by atoms with Gasteiger partial charge in [-0.2, -0.15) is 5.10 Å². The van der Waals surface area contributed by atoms with E-state index in [4.69, 9.17) is 0 Å². The van der Waals surface area contributed by atoms with E-state index in [0.29, 0.717) is 5.69 Å². The highest BCUT2D eigenvalue weighted by molar-refractivity contribution is 5.92. The number of nitrogens with zero attached hydrogens (tertiary/aromatic N) is 4. The molecule has 6 nitrogen and oxygen atoms in total. The highest BCUT2D eigenvalue weighted by Crippen LogP contribution is 2.24. The Bertz CT molecular complexity index is 934. The van der Waals surface area contributed by atoms with Crippen LogP contribution in [0.2, 0.25) is 0 Å². The molecule has 1 aliphatic heterocycles. The second kappa shape index (κ2) is 6.78. The lowest BCUT2D eigenvalue weighted by Gasteiger charge is -2.25. The Balaban J connectivity index is 1.49. The average molecular weight is 349 g/mol. The van der Waals surface area contributed by atoms with Crippen LogP contribution in [0, 0.1) is 6.92 Å². The maximum atomic E-state index is 12.8. The number of aryl methyl sites for hydroxylation is 2. The SMILES string of the molecule is Cc1nn(C)c2ncc(NC(=O)N3CCC[C@@H]3Cc3ccccc3)cc12. The predicted octanol–water partition coefficient (Wildman–Crippen LogP) is 3.52. The van der Waals surface area contributed by atoms with Crippen molar-refractivity contribution in [2.75, 3.05) is 11.9 Å². The van der Waals surface area contributed by atoms with Crippen molar-refractivity contribution in [2.45, 2.75) is 32.2 Å². The van der Waals surface area contributed by atoms with Crippen LogP contribution in [-0.2, 0) is 13.5 Å². The van der Waals surface area contributed by atoms with Crippen LogP contribution in [0.25, 0.3) is 11.0 Å². The number of amides is 2. The number of likely N-dealkylation sites (tertiary alicyclic amines) is 1. The van der Waals surface area contributed by atoms with E-state index < -0.39 is 0 Å². The molecule has 0 aliphatic carbocycles. The van der Waals surface area contributed by atoms with Gasteiger partial charge < -0.3 is 10.2 Å². The average Bonchev–Trinajstić information content (AvgIpc) is 3.21. The molecule has 1 atom stereocenters. The maximum absolute atomic E-state index is 12.8. The van der Waals surface area contributed by atoms with E-state index in [1.807, 2.05) is 43.1 Å². The van der Waals surface area contributed by atoms with Gasteiger partial charge in [0.1, 0.15) is 0 Å². The standard InChI is InChI=1S/C20H23N5O/c1-14-18-12-16(13-21-19(18)24(2)23-14)22-20(26)25-10-6-9-17(25)11-15-7-4-3-5-8-15/h3-5,7-8,12-13,17H,6,9-11H2,1-2H3,(H,22,26)/t17-/m1/s1. The molecule has 0 spiro atoms. The second-order valence-corrected chi connectivity index (χ2v) is 6.91. The minimum atomic E-state index is -0.0499. The summed E-state index contributed by atoms with van der Waals surface area (Å²) in [6.45, 7) is 2.75. The van der Waals surface area contributed by atoms with Crippen molar-refractivity contribution in [3.05, 3.63) is 53.9 Å². The zero-order chi connectivity index (χ0) is 18.1. The van der Waals surface area contributed by atoms with Crippen molar-refractivity contribution in [2.24, 2.45) is 7.05 Å². The largest absolute Gasteiger partial charge is 0.322 e. The second-order valence-electron chi connectivity index (χ2n) is 6.91. The van der Waals surface area contributed by atoms with E-state index in [0.717, 1.165) is 42.5 Å². The minimum absolute atomic E-state index is 0.0499. The number of benzene rings is 1. The van der Waals surface area contributed by atoms with Gasteiger partial charge in [0.2, 0.25) is 0 Å². The lowest BCUT2D eigenvalue weighted by atomic mass is 10.0. The zero-order valence-corrected chi connectivity index (χ0v) is 15.1. The molecule has 0 unspecified atom stereocenters. The van der Waals surface area contributed by atoms with Crippen LogP contribution in [0.5, 0.6) is 0 Å². The van der Waals surface area contributed by atoms with Crippen molar-refractivity contribution in [1.82, 2.24) is 19.7 Å². The van der Waals surface area contributed by atoms with Crippen molar-refractivity contribution >= 4 is 22.8 Å². The predicted molar refractivity (Wildman–Crippen MR) is 102 cm³/mol. The third kappa shape index (κ3) is 3.14. The molecule has 134 valence electrons. The number of hydrogen-bond donors (Lipinski definition) is 1. The number of hydrogen-bond acceptors (Lipinski definition) is 3. The van der Waals surface area contributed by atoms with Gasteiger partial charge in [0.15, 0.2) is 5.65 Å². The molecule has 0 radical (unpaired) electrons. The molecule has 2 amide bonds. The molecular weight excluding hydrogens is 326 g/mol. The Morgan fingerprint density at radius 3 is 2.92 bits per heavy atom. The van der Waals surface area contributed by atoms with Gasteiger partial charge in [0.05, 0.1) is 17.6 Å². The van der Waals surface area contributed by atoms with E-state index in [1.54, 1.807) is 10.9 Å². The normalized spacial score (nSPS) is 17.0. The molecule has 1 saturated heterocycles. The monoisotopic (exact) mass is 349 g/mol. The molecular formula is C20H23N5O. The lowest BCUT2D eigenvalue weighted by Crippen LogP contribution is -2.39. The first-order valence-electron chi connectivity index (χ1n) is 9.03. The van der Waals surface area contributed by atoms with Crippen molar-refractivity contribution in [1.29, 1.82) is 0 Å². The number of urea groups is 1. The van der Waals surface area contributed by atoms with Crippen molar-refractivity contribution in [3.63, 3.8) is 0 Å². The fraction of sp³-hybridized carbons (Fsp3) is 0.350. The smallest absolute Gasteiger partial charge is 0.321 e. The first kappa shape index (κ1) is 16.6. The van der Waals surface area contributed by atoms with E-state index in [9.17, 15) is 4.79 Å². The van der Waals surface area contributed by atoms with Crippen LogP contribution >= 0.6 is 0 Å². The summed E-state index contributed by atoms with van der Waals surface area (Å²) in [5.74, 6) is 0. The molecule has 2 aromatic heterocycles. The van der Waals surface area contributed by atoms with Crippen LogP contribution in [-0.4, -0.2) is 38.3 Å². The van der Waals surface area contributed by atoms with Gasteiger partial charge in [-0.15, -0.1) is 0 Å². The van der Waals surface area contributed by atoms with Crippen molar-refractivity contribution in [3.8, 4) is 0 Å². The first-order valence-corrected chi connectivity index (χ1v) is 9.03.